The van der Waals surface area contributed by atoms with Crippen LogP contribution in [0.5, 0.6) is 0 Å². The zero-order valence-electron chi connectivity index (χ0n) is 13.5. The Morgan fingerprint density at radius 3 is 2.05 bits per heavy atom. The van der Waals surface area contributed by atoms with Crippen LogP contribution in [0.1, 0.15) is 49.3 Å². The van der Waals surface area contributed by atoms with E-state index in [0.29, 0.717) is 0 Å². The van der Waals surface area contributed by atoms with Gasteiger partial charge in [-0.25, -0.2) is 0 Å². The largest absolute Gasteiger partial charge is 0.126 e. The van der Waals surface area contributed by atoms with E-state index in [9.17, 15) is 0 Å². The molecule has 0 nitrogen and oxygen atoms in total. The van der Waals surface area contributed by atoms with Crippen LogP contribution in [-0.4, -0.2) is 10.6 Å². The van der Waals surface area contributed by atoms with Crippen LogP contribution in [0, 0.1) is 6.92 Å². The van der Waals surface area contributed by atoms with Crippen molar-refractivity contribution in [2.45, 2.75) is 44.4 Å². The molecular formula is C20H24S2. The fourth-order valence-electron chi connectivity index (χ4n) is 2.29. The van der Waals surface area contributed by atoms with Gasteiger partial charge in [0, 0.05) is 4.90 Å². The Balaban J connectivity index is 1.91. The van der Waals surface area contributed by atoms with Crippen LogP contribution in [0.2, 0.25) is 0 Å². The van der Waals surface area contributed by atoms with Gasteiger partial charge in [-0.1, -0.05) is 80.4 Å². The van der Waals surface area contributed by atoms with Crippen molar-refractivity contribution in [3.05, 3.63) is 65.2 Å². The molecule has 0 aromatic heterocycles. The molecule has 0 saturated carbocycles. The van der Waals surface area contributed by atoms with Crippen LogP contribution in [0.3, 0.4) is 0 Å². The lowest BCUT2D eigenvalue weighted by atomic mass is 10.0. The van der Waals surface area contributed by atoms with Crippen LogP contribution >= 0.6 is 24.0 Å². The number of rotatable bonds is 8. The van der Waals surface area contributed by atoms with E-state index in [2.05, 4.69) is 62.4 Å². The molecule has 0 N–H and O–H groups in total. The van der Waals surface area contributed by atoms with Gasteiger partial charge in [0.25, 0.3) is 0 Å². The summed E-state index contributed by atoms with van der Waals surface area (Å²) in [6, 6.07) is 17.1. The average molecular weight is 329 g/mol. The second-order valence-corrected chi connectivity index (χ2v) is 7.21. The standard InChI is InChI=1S/C20H24S2/c1-3-4-5-6-15-22-19-13-11-18(12-14-19)20(21)17-9-7-16(2)8-10-17/h7-14H,3-6,15H2,1-2H3. The molecule has 0 saturated heterocycles. The van der Waals surface area contributed by atoms with Crippen molar-refractivity contribution in [1.29, 1.82) is 0 Å². The highest BCUT2D eigenvalue weighted by Gasteiger charge is 2.04. The molecule has 2 heteroatoms. The fourth-order valence-corrected chi connectivity index (χ4v) is 3.48. The SMILES string of the molecule is CCCCCCSc1ccc(C(=S)c2ccc(C)cc2)cc1. The Kier molecular flexibility index (Phi) is 7.14. The van der Waals surface area contributed by atoms with Gasteiger partial charge in [0.15, 0.2) is 0 Å². The van der Waals surface area contributed by atoms with Crippen LogP contribution < -0.4 is 0 Å². The van der Waals surface area contributed by atoms with E-state index in [1.54, 1.807) is 0 Å². The van der Waals surface area contributed by atoms with E-state index in [1.807, 2.05) is 11.8 Å². The Morgan fingerprint density at radius 2 is 1.45 bits per heavy atom. The minimum absolute atomic E-state index is 0.930. The van der Waals surface area contributed by atoms with E-state index in [0.717, 1.165) is 16.0 Å². The molecule has 116 valence electrons. The van der Waals surface area contributed by atoms with Crippen LogP contribution in [0.25, 0.3) is 0 Å². The maximum atomic E-state index is 5.60. The zero-order chi connectivity index (χ0) is 15.8. The van der Waals surface area contributed by atoms with Gasteiger partial charge < -0.3 is 0 Å². The molecule has 2 aromatic rings. The number of thiocarbonyl (C=S) groups is 1. The van der Waals surface area contributed by atoms with Crippen LogP contribution in [-0.2, 0) is 0 Å². The van der Waals surface area contributed by atoms with E-state index in [4.69, 9.17) is 12.2 Å². The number of hydrogen-bond acceptors (Lipinski definition) is 2. The van der Waals surface area contributed by atoms with Crippen molar-refractivity contribution in [1.82, 2.24) is 0 Å². The highest BCUT2D eigenvalue weighted by molar-refractivity contribution is 7.99. The number of thioether (sulfide) groups is 1. The van der Waals surface area contributed by atoms with Crippen molar-refractivity contribution in [2.75, 3.05) is 5.75 Å². The Bertz CT molecular complexity index is 582. The zero-order valence-corrected chi connectivity index (χ0v) is 15.1. The summed E-state index contributed by atoms with van der Waals surface area (Å²) in [7, 11) is 0. The topological polar surface area (TPSA) is 0 Å². The third kappa shape index (κ3) is 5.26. The van der Waals surface area contributed by atoms with Crippen LogP contribution in [0.4, 0.5) is 0 Å². The summed E-state index contributed by atoms with van der Waals surface area (Å²) < 4.78 is 0. The number of hydrogen-bond donors (Lipinski definition) is 0. The van der Waals surface area contributed by atoms with Gasteiger partial charge in [0.1, 0.15) is 0 Å². The van der Waals surface area contributed by atoms with Crippen molar-refractivity contribution < 1.29 is 0 Å². The molecule has 0 bridgehead atoms. The summed E-state index contributed by atoms with van der Waals surface area (Å²) in [5, 5.41) is 0. The molecule has 2 aromatic carbocycles. The Morgan fingerprint density at radius 1 is 0.864 bits per heavy atom. The normalized spacial score (nSPS) is 10.6. The first kappa shape index (κ1) is 17.2. The lowest BCUT2D eigenvalue weighted by Crippen LogP contribution is -1.99. The molecule has 0 radical (unpaired) electrons. The van der Waals surface area contributed by atoms with Gasteiger partial charge in [-0.15, -0.1) is 11.8 Å². The van der Waals surface area contributed by atoms with Gasteiger partial charge in [-0.05, 0) is 42.4 Å². The van der Waals surface area contributed by atoms with Crippen molar-refractivity contribution in [3.8, 4) is 0 Å². The molecule has 0 atom stereocenters. The van der Waals surface area contributed by atoms with Gasteiger partial charge in [0.2, 0.25) is 0 Å². The van der Waals surface area contributed by atoms with Crippen LogP contribution in [0.15, 0.2) is 53.4 Å². The second kappa shape index (κ2) is 9.12. The van der Waals surface area contributed by atoms with E-state index in [-0.39, 0.29) is 0 Å². The van der Waals surface area contributed by atoms with E-state index in [1.165, 1.54) is 41.9 Å². The summed E-state index contributed by atoms with van der Waals surface area (Å²) in [6.45, 7) is 4.35. The average Bonchev–Trinajstić information content (AvgIpc) is 2.55. The molecule has 0 aliphatic carbocycles. The highest BCUT2D eigenvalue weighted by atomic mass is 32.2. The van der Waals surface area contributed by atoms with Gasteiger partial charge >= 0.3 is 0 Å². The smallest absolute Gasteiger partial charge is 0.0521 e. The lowest BCUT2D eigenvalue weighted by Gasteiger charge is -2.07. The minimum Gasteiger partial charge on any atom is -0.126 e. The second-order valence-electron chi connectivity index (χ2n) is 5.63. The lowest BCUT2D eigenvalue weighted by molar-refractivity contribution is 0.706. The fraction of sp³-hybridized carbons (Fsp3) is 0.350. The molecular weight excluding hydrogens is 304 g/mol. The summed E-state index contributed by atoms with van der Waals surface area (Å²) in [6.07, 6.45) is 5.31. The van der Waals surface area contributed by atoms with Crippen molar-refractivity contribution >= 4 is 28.8 Å². The third-order valence-electron chi connectivity index (χ3n) is 3.70. The van der Waals surface area contributed by atoms with Crippen molar-refractivity contribution in [3.63, 3.8) is 0 Å². The monoisotopic (exact) mass is 328 g/mol. The molecule has 0 spiro atoms. The quantitative estimate of drug-likeness (QED) is 0.237. The summed E-state index contributed by atoms with van der Waals surface area (Å²) in [4.78, 5) is 2.27. The van der Waals surface area contributed by atoms with Gasteiger partial charge in [-0.2, -0.15) is 0 Å². The highest BCUT2D eigenvalue weighted by Crippen LogP contribution is 2.21. The van der Waals surface area contributed by atoms with Gasteiger partial charge in [-0.3, -0.25) is 0 Å². The molecule has 0 aliphatic heterocycles. The number of unbranched alkanes of at least 4 members (excludes halogenated alkanes) is 3. The van der Waals surface area contributed by atoms with Gasteiger partial charge in [0.05, 0.1) is 4.86 Å². The first-order chi connectivity index (χ1) is 10.7. The molecule has 0 heterocycles. The predicted octanol–water partition coefficient (Wildman–Crippen LogP) is 6.43. The minimum atomic E-state index is 0.930. The van der Waals surface area contributed by atoms with E-state index < -0.39 is 0 Å². The molecule has 0 unspecified atom stereocenters. The Hall–Kier alpha value is -1.12. The molecule has 2 rings (SSSR count). The first-order valence-electron chi connectivity index (χ1n) is 8.05. The van der Waals surface area contributed by atoms with E-state index >= 15 is 0 Å². The molecule has 0 amide bonds. The summed E-state index contributed by atoms with van der Waals surface area (Å²) in [5.41, 5.74) is 3.52. The number of aryl methyl sites for hydroxylation is 1. The summed E-state index contributed by atoms with van der Waals surface area (Å²) in [5.74, 6) is 1.21. The molecule has 22 heavy (non-hydrogen) atoms. The maximum absolute atomic E-state index is 5.60. The molecule has 0 fully saturated rings. The Labute approximate surface area is 144 Å². The summed E-state index contributed by atoms with van der Waals surface area (Å²) >= 11 is 7.55. The maximum Gasteiger partial charge on any atom is 0.0521 e. The van der Waals surface area contributed by atoms with Crippen molar-refractivity contribution in [2.24, 2.45) is 0 Å². The predicted molar refractivity (Wildman–Crippen MR) is 103 cm³/mol. The first-order valence-corrected chi connectivity index (χ1v) is 9.44. The third-order valence-corrected chi connectivity index (χ3v) is 5.27. The molecule has 0 aliphatic rings. The number of benzene rings is 2.